The zero-order valence-electron chi connectivity index (χ0n) is 4.15. The summed E-state index contributed by atoms with van der Waals surface area (Å²) in [5.41, 5.74) is 0. The van der Waals surface area contributed by atoms with Crippen molar-refractivity contribution in [2.75, 3.05) is 0 Å². The van der Waals surface area contributed by atoms with E-state index in [-0.39, 0.29) is 123 Å². The van der Waals surface area contributed by atoms with Crippen LogP contribution in [0, 0.1) is 0 Å². The minimum Gasteiger partial charge on any atom is 0 e. The predicted molar refractivity (Wildman–Crippen MR) is 32.8 cm³/mol. The quantitative estimate of drug-likeness (QED) is 0.372. The summed E-state index contributed by atoms with van der Waals surface area (Å²) in [7, 11) is 2.71. The van der Waals surface area contributed by atoms with Gasteiger partial charge in [0.1, 0.15) is 0 Å². The molecule has 0 atom stereocenters. The summed E-state index contributed by atoms with van der Waals surface area (Å²) in [4.78, 5) is 0. The Hall–Kier alpha value is 4.92. The molecular formula is H7AlCaCrMnSeSiTiZn. The Morgan fingerprint density at radius 1 is 1.38 bits per heavy atom. The molecule has 0 heterocycles. The Morgan fingerprint density at radius 2 is 1.38 bits per heavy atom. The van der Waals surface area contributed by atoms with Crippen molar-refractivity contribution in [2.24, 2.45) is 0 Å². The van der Waals surface area contributed by atoms with Gasteiger partial charge in [0.2, 0.25) is 0 Å². The number of rotatable bonds is 0. The van der Waals surface area contributed by atoms with Crippen LogP contribution in [0.4, 0.5) is 0 Å². The van der Waals surface area contributed by atoms with E-state index in [1.54, 1.807) is 0 Å². The van der Waals surface area contributed by atoms with E-state index in [2.05, 4.69) is 9.76 Å². The first kappa shape index (κ1) is 38.3. The van der Waals surface area contributed by atoms with Crippen molar-refractivity contribution in [3.05, 3.63) is 0 Å². The molecule has 0 saturated carbocycles. The zero-order valence-corrected chi connectivity index (χ0v) is 17.2. The molecule has 1 radical (unpaired) electrons. The molecule has 0 unspecified atom stereocenters. The van der Waals surface area contributed by atoms with E-state index < -0.39 is 0 Å². The second-order valence-corrected chi connectivity index (χ2v) is 20.3. The van der Waals surface area contributed by atoms with E-state index in [0.717, 1.165) is 0 Å². The monoisotopic (exact) mass is 401 g/mol. The van der Waals surface area contributed by atoms with Gasteiger partial charge in [-0.15, -0.1) is 0 Å². The van der Waals surface area contributed by atoms with Crippen molar-refractivity contribution in [1.82, 2.24) is 0 Å². The number of hydrogen-bond acceptors (Lipinski definition) is 0. The summed E-state index contributed by atoms with van der Waals surface area (Å²) < 4.78 is 0. The predicted octanol–water partition coefficient (Wildman–Crippen LogP) is -3.41. The van der Waals surface area contributed by atoms with Crippen molar-refractivity contribution in [3.63, 3.8) is 0 Å². The molecule has 0 aromatic heterocycles. The summed E-state index contributed by atoms with van der Waals surface area (Å²) >= 11 is 0.201. The van der Waals surface area contributed by atoms with E-state index in [1.165, 1.54) is 5.38 Å². The Kier molecular flexibility index (Phi) is 194. The molecule has 0 aromatic carbocycles. The van der Waals surface area contributed by atoms with Gasteiger partial charge in [0, 0.05) is 75.6 Å². The third-order valence-electron chi connectivity index (χ3n) is 0. The van der Waals surface area contributed by atoms with Crippen LogP contribution in [0.25, 0.3) is 0 Å². The standard InChI is InChI=1S/Al.Ca.Cr.Mn.H2Se.H3Si.Ti.Zn.3H/h;;;;1H2;1H3;;;;;/q;+1;;;;;;;;;/p-1. The Morgan fingerprint density at radius 3 is 1.38 bits per heavy atom. The molecule has 41 valence electrons. The molecule has 0 aliphatic carbocycles. The molecule has 0 N–H and O–H groups in total. The summed E-state index contributed by atoms with van der Waals surface area (Å²) in [5.74, 6) is 0. The molecule has 0 rings (SSSR count). The maximum absolute atomic E-state index is 2.71. The summed E-state index contributed by atoms with van der Waals surface area (Å²) in [6.45, 7) is 0. The molecule has 0 bridgehead atoms. The molecule has 0 spiro atoms. The number of hydrogen-bond donors (Lipinski definition) is 0. The maximum Gasteiger partial charge on any atom is 0 e. The van der Waals surface area contributed by atoms with Gasteiger partial charge in [-0.3, -0.25) is 0 Å². The van der Waals surface area contributed by atoms with Crippen molar-refractivity contribution in [3.8, 4) is 0 Å². The Balaban J connectivity index is -0.00000000200. The van der Waals surface area contributed by atoms with Gasteiger partial charge >= 0.3 is 45.0 Å². The van der Waals surface area contributed by atoms with Crippen LogP contribution in [0.2, 0.25) is 0 Å². The molecular weight excluding hydrogens is 394 g/mol. The van der Waals surface area contributed by atoms with E-state index >= 15 is 0 Å². The molecule has 0 amide bonds. The first-order chi connectivity index (χ1) is 1.41. The van der Waals surface area contributed by atoms with Crippen molar-refractivity contribution in [2.45, 2.75) is 0 Å². The topological polar surface area (TPSA) is 0 Å². The fourth-order valence-corrected chi connectivity index (χ4v) is 0. The molecule has 8 heteroatoms. The van der Waals surface area contributed by atoms with Crippen LogP contribution >= 0.6 is 0 Å². The average Bonchev–Trinajstić information content (AvgIpc) is 0.918. The van der Waals surface area contributed by atoms with Gasteiger partial charge in [0.05, 0.1) is 0 Å². The second-order valence-electron chi connectivity index (χ2n) is 0.316. The normalized spacial score (nSPS) is 1.62. The summed E-state index contributed by atoms with van der Waals surface area (Å²) in [6.07, 6.45) is 0. The Labute approximate surface area is 134 Å². The summed E-state index contributed by atoms with van der Waals surface area (Å²) in [6, 6.07) is 0. The van der Waals surface area contributed by atoms with Gasteiger partial charge in [-0.05, 0) is 0 Å². The van der Waals surface area contributed by atoms with Gasteiger partial charge < -0.3 is 0 Å². The first-order valence-electron chi connectivity index (χ1n) is 1.02. The zero-order chi connectivity index (χ0) is 2.71. The first-order valence-corrected chi connectivity index (χ1v) is 15.5. The average molecular weight is 401 g/mol. The van der Waals surface area contributed by atoms with E-state index in [9.17, 15) is 0 Å². The van der Waals surface area contributed by atoms with Crippen LogP contribution in [-0.2, 0) is 75.6 Å². The van der Waals surface area contributed by atoms with Crippen molar-refractivity contribution in [1.29, 1.82) is 0 Å². The van der Waals surface area contributed by atoms with E-state index in [4.69, 9.17) is 0 Å². The van der Waals surface area contributed by atoms with Crippen LogP contribution in [0.5, 0.6) is 0 Å². The van der Waals surface area contributed by atoms with Crippen molar-refractivity contribution < 1.29 is 75.6 Å². The minimum atomic E-state index is 0. The third kappa shape index (κ3) is 44.4. The molecule has 0 aliphatic heterocycles. The van der Waals surface area contributed by atoms with Gasteiger partial charge in [-0.25, -0.2) is 0 Å². The van der Waals surface area contributed by atoms with Crippen LogP contribution in [0.15, 0.2) is 0 Å². The Bertz CT molecular complexity index is 24.0. The fourth-order valence-electron chi connectivity index (χ4n) is 0. The molecule has 0 fully saturated rings. The van der Waals surface area contributed by atoms with E-state index in [0.29, 0.717) is 0 Å². The largest absolute Gasteiger partial charge is 0 e. The molecule has 8 heavy (non-hydrogen) atoms. The van der Waals surface area contributed by atoms with Gasteiger partial charge in [-0.2, -0.15) is 0 Å². The molecule has 0 nitrogen and oxygen atoms in total. The van der Waals surface area contributed by atoms with Crippen LogP contribution in [-0.4, -0.2) is 62.3 Å². The van der Waals surface area contributed by atoms with Crippen LogP contribution in [0.3, 0.4) is 0 Å². The molecule has 0 aliphatic rings. The fraction of sp³-hybridized carbons (Fsp3) is 0. The SMILES string of the molecule is [AlH3].[Cr].[Mn].[SiH3][Ca][SeH].[Ti].[Zn]. The van der Waals surface area contributed by atoms with Gasteiger partial charge in [-0.1, -0.05) is 0 Å². The van der Waals surface area contributed by atoms with Crippen LogP contribution < -0.4 is 0 Å². The maximum atomic E-state index is 2.71. The minimum absolute atomic E-state index is 0. The summed E-state index contributed by atoms with van der Waals surface area (Å²) in [5, 5.41) is 1.53. The van der Waals surface area contributed by atoms with E-state index in [1.807, 2.05) is 0 Å². The molecule has 0 saturated heterocycles. The smallest absolute Gasteiger partial charge is 0 e. The third-order valence-corrected chi connectivity index (χ3v) is 0. The van der Waals surface area contributed by atoms with Gasteiger partial charge in [0.25, 0.3) is 0 Å². The van der Waals surface area contributed by atoms with Gasteiger partial charge in [0.15, 0.2) is 17.4 Å². The molecule has 0 aromatic rings. The van der Waals surface area contributed by atoms with Crippen LogP contribution in [0.1, 0.15) is 0 Å². The van der Waals surface area contributed by atoms with Crippen molar-refractivity contribution >= 4 is 62.3 Å². The second kappa shape index (κ2) is 40.6.